The first-order valence-corrected chi connectivity index (χ1v) is 10.8. The highest BCUT2D eigenvalue weighted by Crippen LogP contribution is 2.33. The number of nitrogens with zero attached hydrogens (tertiary/aromatic N) is 1. The molecule has 0 bridgehead atoms. The average Bonchev–Trinajstić information content (AvgIpc) is 3.52. The molecule has 1 saturated heterocycles. The lowest BCUT2D eigenvalue weighted by atomic mass is 9.96. The van der Waals surface area contributed by atoms with Crippen LogP contribution < -0.4 is 5.32 Å². The van der Waals surface area contributed by atoms with Crippen LogP contribution in [0.4, 0.5) is 0 Å². The molecule has 27 heavy (non-hydrogen) atoms. The van der Waals surface area contributed by atoms with Gasteiger partial charge < -0.3 is 10.1 Å². The zero-order chi connectivity index (χ0) is 19.6. The van der Waals surface area contributed by atoms with E-state index >= 15 is 0 Å². The van der Waals surface area contributed by atoms with Gasteiger partial charge in [0.05, 0.1) is 17.6 Å². The zero-order valence-electron chi connectivity index (χ0n) is 15.7. The predicted octanol–water partition coefficient (Wildman–Crippen LogP) is 1.79. The van der Waals surface area contributed by atoms with Crippen LogP contribution in [0.2, 0.25) is 0 Å². The highest BCUT2D eigenvalue weighted by Gasteiger charge is 2.36. The fourth-order valence-corrected chi connectivity index (χ4v) is 5.17. The van der Waals surface area contributed by atoms with Crippen molar-refractivity contribution in [3.05, 3.63) is 29.8 Å². The number of hydrogen-bond donors (Lipinski definition) is 1. The number of carbonyl (C=O) groups is 2. The number of sulfonamides is 1. The third-order valence-corrected chi connectivity index (χ3v) is 7.39. The Morgan fingerprint density at radius 2 is 1.78 bits per heavy atom. The van der Waals surface area contributed by atoms with E-state index in [4.69, 9.17) is 4.74 Å². The number of hydrogen-bond acceptors (Lipinski definition) is 5. The van der Waals surface area contributed by atoms with Gasteiger partial charge in [-0.05, 0) is 50.7 Å². The van der Waals surface area contributed by atoms with Crippen LogP contribution in [0, 0.1) is 11.8 Å². The number of nitrogens with one attached hydrogen (secondary N) is 1. The summed E-state index contributed by atoms with van der Waals surface area (Å²) in [6.45, 7) is 2.54. The van der Waals surface area contributed by atoms with Gasteiger partial charge in [-0.25, -0.2) is 13.2 Å². The number of amides is 1. The maximum atomic E-state index is 13.0. The lowest BCUT2D eigenvalue weighted by molar-refractivity contribution is -0.126. The molecule has 1 aromatic rings. The van der Waals surface area contributed by atoms with E-state index in [0.717, 1.165) is 12.8 Å². The molecule has 1 saturated carbocycles. The van der Waals surface area contributed by atoms with Crippen molar-refractivity contribution in [2.75, 3.05) is 20.2 Å². The summed E-state index contributed by atoms with van der Waals surface area (Å²) >= 11 is 0. The van der Waals surface area contributed by atoms with E-state index < -0.39 is 16.0 Å². The minimum absolute atomic E-state index is 0.0152. The maximum Gasteiger partial charge on any atom is 0.339 e. The summed E-state index contributed by atoms with van der Waals surface area (Å²) in [6, 6.07) is 6.23. The Kier molecular flexibility index (Phi) is 5.86. The lowest BCUT2D eigenvalue weighted by Gasteiger charge is -2.31. The summed E-state index contributed by atoms with van der Waals surface area (Å²) in [5.41, 5.74) is 0.0260. The van der Waals surface area contributed by atoms with Gasteiger partial charge in [0.25, 0.3) is 0 Å². The molecule has 1 amide bonds. The van der Waals surface area contributed by atoms with Gasteiger partial charge in [0.2, 0.25) is 15.9 Å². The minimum Gasteiger partial charge on any atom is -0.465 e. The standard InChI is InChI=1S/C19H26N2O5S/c1-13(14-7-8-14)20-18(22)15-9-11-21(12-10-15)27(24,25)17-6-4-3-5-16(17)19(23)26-2/h3-6,13-15H,7-12H2,1-2H3,(H,20,22). The normalized spacial score (nSPS) is 20.1. The summed E-state index contributed by atoms with van der Waals surface area (Å²) in [5.74, 6) is -0.253. The largest absolute Gasteiger partial charge is 0.465 e. The molecule has 0 spiro atoms. The third-order valence-electron chi connectivity index (χ3n) is 5.43. The van der Waals surface area contributed by atoms with Gasteiger partial charge in [0.1, 0.15) is 0 Å². The maximum absolute atomic E-state index is 13.0. The number of esters is 1. The number of rotatable bonds is 6. The molecule has 1 unspecified atom stereocenters. The monoisotopic (exact) mass is 394 g/mol. The first-order chi connectivity index (χ1) is 12.8. The molecule has 1 aliphatic carbocycles. The third kappa shape index (κ3) is 4.32. The number of ether oxygens (including phenoxy) is 1. The van der Waals surface area contributed by atoms with Crippen LogP contribution in [0.5, 0.6) is 0 Å². The highest BCUT2D eigenvalue weighted by atomic mass is 32.2. The van der Waals surface area contributed by atoms with E-state index in [1.54, 1.807) is 12.1 Å². The molecule has 1 N–H and O–H groups in total. The van der Waals surface area contributed by atoms with Crippen molar-refractivity contribution in [2.45, 2.75) is 43.5 Å². The first-order valence-electron chi connectivity index (χ1n) is 9.32. The summed E-state index contributed by atoms with van der Waals surface area (Å²) < 4.78 is 32.0. The number of methoxy groups -OCH3 is 1. The first kappa shape index (κ1) is 19.8. The van der Waals surface area contributed by atoms with E-state index in [9.17, 15) is 18.0 Å². The Hall–Kier alpha value is -1.93. The Bertz CT molecular complexity index is 811. The summed E-state index contributed by atoms with van der Waals surface area (Å²) in [4.78, 5) is 24.3. The second-order valence-electron chi connectivity index (χ2n) is 7.30. The SMILES string of the molecule is COC(=O)c1ccccc1S(=O)(=O)N1CCC(C(=O)NC(C)C2CC2)CC1. The van der Waals surface area contributed by atoms with Gasteiger partial charge in [-0.15, -0.1) is 0 Å². The van der Waals surface area contributed by atoms with Crippen LogP contribution in [0.1, 0.15) is 43.0 Å². The fraction of sp³-hybridized carbons (Fsp3) is 0.579. The van der Waals surface area contributed by atoms with Crippen molar-refractivity contribution in [3.8, 4) is 0 Å². The number of carbonyl (C=O) groups excluding carboxylic acids is 2. The molecule has 7 nitrogen and oxygen atoms in total. The molecule has 2 aliphatic rings. The van der Waals surface area contributed by atoms with E-state index in [-0.39, 0.29) is 41.4 Å². The van der Waals surface area contributed by atoms with Crippen LogP contribution in [0.15, 0.2) is 29.2 Å². The quantitative estimate of drug-likeness (QED) is 0.743. The molecule has 0 aromatic heterocycles. The summed E-state index contributed by atoms with van der Waals surface area (Å²) in [6.07, 6.45) is 3.28. The molecular weight excluding hydrogens is 368 g/mol. The summed E-state index contributed by atoms with van der Waals surface area (Å²) in [5, 5.41) is 3.06. The Morgan fingerprint density at radius 1 is 1.15 bits per heavy atom. The molecule has 8 heteroatoms. The lowest BCUT2D eigenvalue weighted by Crippen LogP contribution is -2.45. The molecule has 0 radical (unpaired) electrons. The van der Waals surface area contributed by atoms with Crippen molar-refractivity contribution in [1.29, 1.82) is 0 Å². The zero-order valence-corrected chi connectivity index (χ0v) is 16.5. The minimum atomic E-state index is -3.82. The van der Waals surface area contributed by atoms with E-state index in [1.807, 2.05) is 6.92 Å². The van der Waals surface area contributed by atoms with E-state index in [0.29, 0.717) is 18.8 Å². The van der Waals surface area contributed by atoms with Crippen molar-refractivity contribution >= 4 is 21.9 Å². The predicted molar refractivity (Wildman–Crippen MR) is 99.6 cm³/mol. The second-order valence-corrected chi connectivity index (χ2v) is 9.21. The Morgan fingerprint density at radius 3 is 2.37 bits per heavy atom. The van der Waals surface area contributed by atoms with Crippen molar-refractivity contribution in [1.82, 2.24) is 9.62 Å². The molecule has 148 valence electrons. The summed E-state index contributed by atoms with van der Waals surface area (Å²) in [7, 11) is -2.60. The molecule has 3 rings (SSSR count). The fourth-order valence-electron chi connectivity index (χ4n) is 3.52. The van der Waals surface area contributed by atoms with Crippen molar-refractivity contribution in [3.63, 3.8) is 0 Å². The molecule has 1 aliphatic heterocycles. The highest BCUT2D eigenvalue weighted by molar-refractivity contribution is 7.89. The van der Waals surface area contributed by atoms with Crippen molar-refractivity contribution < 1.29 is 22.7 Å². The molecule has 1 aromatic carbocycles. The topological polar surface area (TPSA) is 92.8 Å². The van der Waals surface area contributed by atoms with Gasteiger partial charge in [-0.2, -0.15) is 4.31 Å². The van der Waals surface area contributed by atoms with Gasteiger partial charge in [-0.1, -0.05) is 12.1 Å². The van der Waals surface area contributed by atoms with Gasteiger partial charge in [0, 0.05) is 25.0 Å². The molecule has 1 atom stereocenters. The van der Waals surface area contributed by atoms with Crippen LogP contribution in [0.3, 0.4) is 0 Å². The van der Waals surface area contributed by atoms with Crippen LogP contribution >= 0.6 is 0 Å². The van der Waals surface area contributed by atoms with Gasteiger partial charge >= 0.3 is 5.97 Å². The van der Waals surface area contributed by atoms with Gasteiger partial charge in [0.15, 0.2) is 0 Å². The van der Waals surface area contributed by atoms with E-state index in [1.165, 1.54) is 23.5 Å². The molecule has 1 heterocycles. The van der Waals surface area contributed by atoms with Crippen LogP contribution in [-0.2, 0) is 19.6 Å². The molecule has 2 fully saturated rings. The second kappa shape index (κ2) is 7.98. The number of piperidine rings is 1. The Balaban J connectivity index is 1.66. The number of benzene rings is 1. The Labute approximate surface area is 160 Å². The average molecular weight is 394 g/mol. The van der Waals surface area contributed by atoms with Gasteiger partial charge in [-0.3, -0.25) is 4.79 Å². The molecular formula is C19H26N2O5S. The van der Waals surface area contributed by atoms with E-state index in [2.05, 4.69) is 5.32 Å². The van der Waals surface area contributed by atoms with Crippen LogP contribution in [0.25, 0.3) is 0 Å². The smallest absolute Gasteiger partial charge is 0.339 e. The van der Waals surface area contributed by atoms with Crippen molar-refractivity contribution in [2.24, 2.45) is 11.8 Å². The van der Waals surface area contributed by atoms with Crippen LogP contribution in [-0.4, -0.2) is 50.8 Å².